The van der Waals surface area contributed by atoms with Gasteiger partial charge in [0.25, 0.3) is 0 Å². The van der Waals surface area contributed by atoms with Crippen LogP contribution >= 0.6 is 0 Å². The Morgan fingerprint density at radius 1 is 1.35 bits per heavy atom. The maximum atomic E-state index is 12.6. The quantitative estimate of drug-likeness (QED) is 0.714. The average Bonchev–Trinajstić information content (AvgIpc) is 2.35. The summed E-state index contributed by atoms with van der Waals surface area (Å²) < 4.78 is 12.6. The Kier molecular flexibility index (Phi) is 6.51. The van der Waals surface area contributed by atoms with Crippen LogP contribution in [0.2, 0.25) is 0 Å². The van der Waals surface area contributed by atoms with Crippen molar-refractivity contribution in [3.05, 3.63) is 41.7 Å². The summed E-state index contributed by atoms with van der Waals surface area (Å²) in [4.78, 5) is 0. The lowest BCUT2D eigenvalue weighted by Crippen LogP contribution is -2.20. The number of hydrogen-bond donors (Lipinski definition) is 2. The second kappa shape index (κ2) is 7.98. The molecule has 94 valence electrons. The predicted molar refractivity (Wildman–Crippen MR) is 69.2 cm³/mol. The third kappa shape index (κ3) is 6.19. The summed E-state index contributed by atoms with van der Waals surface area (Å²) in [5, 5.41) is 12.5. The normalized spacial score (nSPS) is 13.1. The molecule has 17 heavy (non-hydrogen) atoms. The van der Waals surface area contributed by atoms with Crippen LogP contribution in [0.1, 0.15) is 25.3 Å². The zero-order valence-corrected chi connectivity index (χ0v) is 10.2. The monoisotopic (exact) mass is 237 g/mol. The number of halogens is 1. The first kappa shape index (κ1) is 13.9. The van der Waals surface area contributed by atoms with Crippen molar-refractivity contribution in [1.82, 2.24) is 5.32 Å². The van der Waals surface area contributed by atoms with E-state index in [4.69, 9.17) is 0 Å². The average molecular weight is 237 g/mol. The molecule has 3 heteroatoms. The standard InChI is InChI=1S/C14H20FNO/c1-2-14(17)9-11-16-10-3-4-12-5-7-13(15)8-6-12/h3-8,14,16-17H,2,9-11H2,1H3/b4-3+. The Morgan fingerprint density at radius 3 is 2.71 bits per heavy atom. The van der Waals surface area contributed by atoms with Gasteiger partial charge in [0.2, 0.25) is 0 Å². The van der Waals surface area contributed by atoms with Crippen molar-refractivity contribution in [3.8, 4) is 0 Å². The number of benzene rings is 1. The van der Waals surface area contributed by atoms with Gasteiger partial charge >= 0.3 is 0 Å². The van der Waals surface area contributed by atoms with Gasteiger partial charge in [0.15, 0.2) is 0 Å². The fourth-order valence-corrected chi connectivity index (χ4v) is 1.43. The van der Waals surface area contributed by atoms with E-state index in [1.165, 1.54) is 12.1 Å². The first-order chi connectivity index (χ1) is 8.22. The number of rotatable bonds is 7. The molecule has 0 saturated carbocycles. The molecule has 0 aliphatic rings. The molecule has 0 aromatic heterocycles. The summed E-state index contributed by atoms with van der Waals surface area (Å²) in [6.07, 6.45) is 5.31. The van der Waals surface area contributed by atoms with E-state index in [-0.39, 0.29) is 11.9 Å². The Bertz CT molecular complexity index is 335. The van der Waals surface area contributed by atoms with Gasteiger partial charge < -0.3 is 10.4 Å². The molecule has 1 unspecified atom stereocenters. The summed E-state index contributed by atoms with van der Waals surface area (Å²) in [5.41, 5.74) is 0.988. The predicted octanol–water partition coefficient (Wildman–Crippen LogP) is 2.59. The topological polar surface area (TPSA) is 32.3 Å². The molecule has 0 spiro atoms. The molecule has 1 atom stereocenters. The molecule has 0 amide bonds. The number of nitrogens with one attached hydrogen (secondary N) is 1. The highest BCUT2D eigenvalue weighted by atomic mass is 19.1. The fourth-order valence-electron chi connectivity index (χ4n) is 1.43. The second-order valence-corrected chi connectivity index (χ2v) is 4.01. The largest absolute Gasteiger partial charge is 0.393 e. The maximum Gasteiger partial charge on any atom is 0.123 e. The molecule has 0 aliphatic heterocycles. The first-order valence-corrected chi connectivity index (χ1v) is 6.03. The summed E-state index contributed by atoms with van der Waals surface area (Å²) in [5.74, 6) is -0.214. The molecule has 0 fully saturated rings. The highest BCUT2D eigenvalue weighted by Gasteiger charge is 1.97. The van der Waals surface area contributed by atoms with E-state index in [1.807, 2.05) is 19.1 Å². The van der Waals surface area contributed by atoms with Gasteiger partial charge in [0, 0.05) is 6.54 Å². The molecule has 1 rings (SSSR count). The Morgan fingerprint density at radius 2 is 2.06 bits per heavy atom. The fraction of sp³-hybridized carbons (Fsp3) is 0.429. The van der Waals surface area contributed by atoms with Crippen LogP contribution < -0.4 is 5.32 Å². The van der Waals surface area contributed by atoms with Crippen LogP contribution in [0.3, 0.4) is 0 Å². The minimum Gasteiger partial charge on any atom is -0.393 e. The molecule has 0 radical (unpaired) electrons. The highest BCUT2D eigenvalue weighted by Crippen LogP contribution is 2.04. The lowest BCUT2D eigenvalue weighted by Gasteiger charge is -2.06. The van der Waals surface area contributed by atoms with Crippen molar-refractivity contribution in [2.75, 3.05) is 13.1 Å². The third-order valence-electron chi connectivity index (χ3n) is 2.57. The smallest absolute Gasteiger partial charge is 0.123 e. The molecule has 1 aromatic rings. The van der Waals surface area contributed by atoms with Crippen molar-refractivity contribution < 1.29 is 9.50 Å². The molecule has 0 saturated heterocycles. The van der Waals surface area contributed by atoms with Crippen LogP contribution in [0.5, 0.6) is 0 Å². The van der Waals surface area contributed by atoms with Gasteiger partial charge in [-0.3, -0.25) is 0 Å². The van der Waals surface area contributed by atoms with Gasteiger partial charge in [-0.15, -0.1) is 0 Å². The Balaban J connectivity index is 2.16. The van der Waals surface area contributed by atoms with Crippen LogP contribution in [0, 0.1) is 5.82 Å². The van der Waals surface area contributed by atoms with Crippen molar-refractivity contribution >= 4 is 6.08 Å². The molecular formula is C14H20FNO. The molecule has 2 nitrogen and oxygen atoms in total. The summed E-state index contributed by atoms with van der Waals surface area (Å²) in [6.45, 7) is 3.54. The second-order valence-electron chi connectivity index (χ2n) is 4.01. The van der Waals surface area contributed by atoms with Gasteiger partial charge in [0.05, 0.1) is 6.10 Å². The van der Waals surface area contributed by atoms with Crippen molar-refractivity contribution in [2.45, 2.75) is 25.9 Å². The van der Waals surface area contributed by atoms with E-state index in [0.717, 1.165) is 31.5 Å². The minimum absolute atomic E-state index is 0.205. The molecule has 0 bridgehead atoms. The van der Waals surface area contributed by atoms with Gasteiger partial charge in [-0.2, -0.15) is 0 Å². The number of aliphatic hydroxyl groups is 1. The molecule has 0 aliphatic carbocycles. The highest BCUT2D eigenvalue weighted by molar-refractivity contribution is 5.48. The maximum absolute atomic E-state index is 12.6. The SMILES string of the molecule is CCC(O)CCNC/C=C/c1ccc(F)cc1. The zero-order chi connectivity index (χ0) is 12.5. The summed E-state index contributed by atoms with van der Waals surface area (Å²) in [6, 6.07) is 6.38. The van der Waals surface area contributed by atoms with E-state index in [1.54, 1.807) is 12.1 Å². The van der Waals surface area contributed by atoms with Crippen LogP contribution in [0.4, 0.5) is 4.39 Å². The number of hydrogen-bond acceptors (Lipinski definition) is 2. The van der Waals surface area contributed by atoms with E-state index >= 15 is 0 Å². The van der Waals surface area contributed by atoms with Crippen LogP contribution in [-0.2, 0) is 0 Å². The Labute approximate surface area is 102 Å². The summed E-state index contributed by atoms with van der Waals surface area (Å²) in [7, 11) is 0. The van der Waals surface area contributed by atoms with Crippen LogP contribution in [-0.4, -0.2) is 24.3 Å². The summed E-state index contributed by atoms with van der Waals surface area (Å²) >= 11 is 0. The van der Waals surface area contributed by atoms with Crippen molar-refractivity contribution in [2.24, 2.45) is 0 Å². The van der Waals surface area contributed by atoms with Crippen LogP contribution in [0.25, 0.3) is 6.08 Å². The third-order valence-corrected chi connectivity index (χ3v) is 2.57. The lowest BCUT2D eigenvalue weighted by atomic mass is 10.2. The lowest BCUT2D eigenvalue weighted by molar-refractivity contribution is 0.160. The molecule has 0 heterocycles. The van der Waals surface area contributed by atoms with Crippen molar-refractivity contribution in [1.29, 1.82) is 0 Å². The molecule has 1 aromatic carbocycles. The van der Waals surface area contributed by atoms with Crippen molar-refractivity contribution in [3.63, 3.8) is 0 Å². The molecule has 2 N–H and O–H groups in total. The van der Waals surface area contributed by atoms with Gasteiger partial charge in [-0.1, -0.05) is 31.2 Å². The zero-order valence-electron chi connectivity index (χ0n) is 10.2. The van der Waals surface area contributed by atoms with E-state index < -0.39 is 0 Å². The van der Waals surface area contributed by atoms with Gasteiger partial charge in [0.1, 0.15) is 5.82 Å². The number of aliphatic hydroxyl groups excluding tert-OH is 1. The van der Waals surface area contributed by atoms with Gasteiger partial charge in [-0.05, 0) is 37.1 Å². The van der Waals surface area contributed by atoms with Gasteiger partial charge in [-0.25, -0.2) is 4.39 Å². The van der Waals surface area contributed by atoms with E-state index in [9.17, 15) is 9.50 Å². The first-order valence-electron chi connectivity index (χ1n) is 6.03. The van der Waals surface area contributed by atoms with E-state index in [0.29, 0.717) is 0 Å². The van der Waals surface area contributed by atoms with Crippen LogP contribution in [0.15, 0.2) is 30.3 Å². The molecular weight excluding hydrogens is 217 g/mol. The Hall–Kier alpha value is -1.19. The minimum atomic E-state index is -0.214. The van der Waals surface area contributed by atoms with E-state index in [2.05, 4.69) is 5.32 Å².